The van der Waals surface area contributed by atoms with Crippen LogP contribution in [-0.2, 0) is 11.8 Å². The molecule has 3 rings (SSSR count). The van der Waals surface area contributed by atoms with Crippen LogP contribution in [0.2, 0.25) is 0 Å². The highest BCUT2D eigenvalue weighted by Crippen LogP contribution is 2.32. The van der Waals surface area contributed by atoms with Crippen LogP contribution in [0.3, 0.4) is 0 Å². The van der Waals surface area contributed by atoms with Crippen molar-refractivity contribution in [1.82, 2.24) is 20.1 Å². The molecule has 1 aromatic carbocycles. The molecule has 23 heavy (non-hydrogen) atoms. The molecule has 1 aromatic heterocycles. The van der Waals surface area contributed by atoms with E-state index in [2.05, 4.69) is 38.4 Å². The Hall–Kier alpha value is -1.34. The molecule has 5 nitrogen and oxygen atoms in total. The van der Waals surface area contributed by atoms with Gasteiger partial charge in [-0.3, -0.25) is 4.79 Å². The summed E-state index contributed by atoms with van der Waals surface area (Å²) in [7, 11) is 1.92. The molecule has 1 saturated carbocycles. The largest absolute Gasteiger partial charge is 0.353 e. The number of nitrogens with one attached hydrogen (secondary N) is 1. The van der Waals surface area contributed by atoms with Crippen LogP contribution in [0.15, 0.2) is 33.9 Å². The number of carbonyl (C=O) groups is 1. The Morgan fingerprint density at radius 2 is 2.26 bits per heavy atom. The smallest absolute Gasteiger partial charge is 0.230 e. The van der Waals surface area contributed by atoms with E-state index in [0.29, 0.717) is 11.7 Å². The summed E-state index contributed by atoms with van der Waals surface area (Å²) >= 11 is 4.88. The predicted octanol–water partition coefficient (Wildman–Crippen LogP) is 3.25. The summed E-state index contributed by atoms with van der Waals surface area (Å²) in [6.45, 7) is 2.08. The number of halogens is 1. The first-order chi connectivity index (χ1) is 11.0. The predicted molar refractivity (Wildman–Crippen MR) is 95.2 cm³/mol. The molecule has 7 heteroatoms. The third-order valence-electron chi connectivity index (χ3n) is 3.97. The van der Waals surface area contributed by atoms with Gasteiger partial charge in [0.1, 0.15) is 0 Å². The molecule has 1 atom stereocenters. The van der Waals surface area contributed by atoms with Gasteiger partial charge in [-0.1, -0.05) is 39.8 Å². The molecule has 122 valence electrons. The first kappa shape index (κ1) is 16.5. The minimum Gasteiger partial charge on any atom is -0.353 e. The topological polar surface area (TPSA) is 59.8 Å². The third-order valence-corrected chi connectivity index (χ3v) is 5.48. The van der Waals surface area contributed by atoms with Gasteiger partial charge in [0.15, 0.2) is 11.0 Å². The summed E-state index contributed by atoms with van der Waals surface area (Å²) in [6, 6.07) is 8.21. The maximum Gasteiger partial charge on any atom is 0.230 e. The van der Waals surface area contributed by atoms with Crippen molar-refractivity contribution in [3.8, 4) is 11.4 Å². The number of aromatic nitrogens is 3. The second-order valence-corrected chi connectivity index (χ2v) is 7.72. The highest BCUT2D eigenvalue weighted by molar-refractivity contribution is 9.10. The highest BCUT2D eigenvalue weighted by atomic mass is 79.9. The molecule has 0 spiro atoms. The molecular weight excluding hydrogens is 376 g/mol. The summed E-state index contributed by atoms with van der Waals surface area (Å²) in [6.07, 6.45) is 2.46. The maximum atomic E-state index is 12.0. The molecule has 0 radical (unpaired) electrons. The maximum absolute atomic E-state index is 12.0. The van der Waals surface area contributed by atoms with E-state index < -0.39 is 0 Å². The Bertz CT molecular complexity index is 714. The van der Waals surface area contributed by atoms with Gasteiger partial charge in [-0.25, -0.2) is 0 Å². The summed E-state index contributed by atoms with van der Waals surface area (Å²) < 4.78 is 2.92. The number of hydrogen-bond acceptors (Lipinski definition) is 4. The molecular formula is C16H19BrN4OS. The summed E-state index contributed by atoms with van der Waals surface area (Å²) in [5.41, 5.74) is 0.994. The average Bonchev–Trinajstić information content (AvgIpc) is 3.30. The standard InChI is InChI=1S/C16H19BrN4OS/c1-10(11-6-7-11)18-14(22)9-23-16-20-19-15(21(16)2)12-4-3-5-13(17)8-12/h3-5,8,10-11H,6-7,9H2,1-2H3,(H,18,22)/t10-/m0/s1. The van der Waals surface area contributed by atoms with Crippen molar-refractivity contribution in [2.45, 2.75) is 31.0 Å². The number of nitrogens with zero attached hydrogens (tertiary/aromatic N) is 3. The second kappa shape index (κ2) is 7.05. The lowest BCUT2D eigenvalue weighted by Gasteiger charge is -2.12. The van der Waals surface area contributed by atoms with Crippen molar-refractivity contribution in [2.75, 3.05) is 5.75 Å². The van der Waals surface area contributed by atoms with E-state index in [4.69, 9.17) is 0 Å². The minimum atomic E-state index is 0.0569. The number of hydrogen-bond donors (Lipinski definition) is 1. The van der Waals surface area contributed by atoms with Crippen LogP contribution < -0.4 is 5.32 Å². The molecule has 0 saturated heterocycles. The Labute approximate surface area is 148 Å². The van der Waals surface area contributed by atoms with Gasteiger partial charge in [-0.15, -0.1) is 10.2 Å². The van der Waals surface area contributed by atoms with E-state index >= 15 is 0 Å². The lowest BCUT2D eigenvalue weighted by atomic mass is 10.2. The molecule has 2 aromatic rings. The van der Waals surface area contributed by atoms with E-state index in [0.717, 1.165) is 21.0 Å². The van der Waals surface area contributed by atoms with E-state index in [9.17, 15) is 4.79 Å². The van der Waals surface area contributed by atoms with Crippen LogP contribution in [0, 0.1) is 5.92 Å². The Kier molecular flexibility index (Phi) is 5.06. The third kappa shape index (κ3) is 4.14. The van der Waals surface area contributed by atoms with Gasteiger partial charge in [-0.2, -0.15) is 0 Å². The van der Waals surface area contributed by atoms with Gasteiger partial charge in [0.05, 0.1) is 5.75 Å². The van der Waals surface area contributed by atoms with Gasteiger partial charge in [0, 0.05) is 23.1 Å². The van der Waals surface area contributed by atoms with E-state index in [1.165, 1.54) is 24.6 Å². The zero-order valence-corrected chi connectivity index (χ0v) is 15.5. The zero-order chi connectivity index (χ0) is 16.4. The molecule has 0 bridgehead atoms. The monoisotopic (exact) mass is 394 g/mol. The van der Waals surface area contributed by atoms with Crippen molar-refractivity contribution < 1.29 is 4.79 Å². The lowest BCUT2D eigenvalue weighted by Crippen LogP contribution is -2.35. The fourth-order valence-corrected chi connectivity index (χ4v) is 3.58. The first-order valence-electron chi connectivity index (χ1n) is 7.62. The fraction of sp³-hybridized carbons (Fsp3) is 0.438. The van der Waals surface area contributed by atoms with Gasteiger partial charge in [0.2, 0.25) is 5.91 Å². The number of benzene rings is 1. The molecule has 0 unspecified atom stereocenters. The Balaban J connectivity index is 1.62. The second-order valence-electron chi connectivity index (χ2n) is 5.86. The van der Waals surface area contributed by atoms with Crippen molar-refractivity contribution in [3.63, 3.8) is 0 Å². The van der Waals surface area contributed by atoms with E-state index in [-0.39, 0.29) is 11.9 Å². The number of amides is 1. The van der Waals surface area contributed by atoms with Gasteiger partial charge < -0.3 is 9.88 Å². The fourth-order valence-electron chi connectivity index (χ4n) is 2.46. The van der Waals surface area contributed by atoms with E-state index in [1.807, 2.05) is 35.9 Å². The first-order valence-corrected chi connectivity index (χ1v) is 9.40. The summed E-state index contributed by atoms with van der Waals surface area (Å²) in [4.78, 5) is 12.0. The molecule has 0 aliphatic heterocycles. The van der Waals surface area contributed by atoms with Crippen LogP contribution >= 0.6 is 27.7 Å². The van der Waals surface area contributed by atoms with Crippen LogP contribution in [0.4, 0.5) is 0 Å². The Morgan fingerprint density at radius 1 is 1.48 bits per heavy atom. The van der Waals surface area contributed by atoms with Crippen LogP contribution in [0.5, 0.6) is 0 Å². The summed E-state index contributed by atoms with van der Waals surface area (Å²) in [5, 5.41) is 12.2. The van der Waals surface area contributed by atoms with Crippen LogP contribution in [0.25, 0.3) is 11.4 Å². The van der Waals surface area contributed by atoms with Crippen molar-refractivity contribution >= 4 is 33.6 Å². The highest BCUT2D eigenvalue weighted by Gasteiger charge is 2.28. The molecule has 1 amide bonds. The number of thioether (sulfide) groups is 1. The molecule has 1 heterocycles. The van der Waals surface area contributed by atoms with Crippen LogP contribution in [-0.4, -0.2) is 32.5 Å². The molecule has 1 aliphatic carbocycles. The molecule has 1 fully saturated rings. The normalized spacial score (nSPS) is 15.4. The zero-order valence-electron chi connectivity index (χ0n) is 13.1. The average molecular weight is 395 g/mol. The summed E-state index contributed by atoms with van der Waals surface area (Å²) in [5.74, 6) is 1.88. The van der Waals surface area contributed by atoms with Gasteiger partial charge in [0.25, 0.3) is 0 Å². The lowest BCUT2D eigenvalue weighted by molar-refractivity contribution is -0.119. The van der Waals surface area contributed by atoms with Crippen molar-refractivity contribution in [3.05, 3.63) is 28.7 Å². The minimum absolute atomic E-state index is 0.0569. The van der Waals surface area contributed by atoms with Crippen molar-refractivity contribution in [2.24, 2.45) is 13.0 Å². The van der Waals surface area contributed by atoms with Gasteiger partial charge >= 0.3 is 0 Å². The molecule has 1 aliphatic rings. The Morgan fingerprint density at radius 3 is 2.96 bits per heavy atom. The van der Waals surface area contributed by atoms with Crippen molar-refractivity contribution in [1.29, 1.82) is 0 Å². The van der Waals surface area contributed by atoms with Gasteiger partial charge in [-0.05, 0) is 37.8 Å². The number of rotatable bonds is 6. The van der Waals surface area contributed by atoms with E-state index in [1.54, 1.807) is 0 Å². The quantitative estimate of drug-likeness (QED) is 0.763. The molecule has 1 N–H and O–H groups in total. The van der Waals surface area contributed by atoms with Crippen LogP contribution in [0.1, 0.15) is 19.8 Å². The number of carbonyl (C=O) groups excluding carboxylic acids is 1. The SMILES string of the molecule is C[C@H](NC(=O)CSc1nnc(-c2cccc(Br)c2)n1C)C1CC1.